The van der Waals surface area contributed by atoms with Gasteiger partial charge in [0.25, 0.3) is 0 Å². The van der Waals surface area contributed by atoms with E-state index in [9.17, 15) is 5.26 Å². The smallest absolute Gasteiger partial charge is 0.103 e. The zero-order valence-electron chi connectivity index (χ0n) is 11.7. The fraction of sp³-hybridized carbons (Fsp3) is 0.333. The van der Waals surface area contributed by atoms with Crippen LogP contribution < -0.4 is 4.90 Å². The molecule has 0 radical (unpaired) electrons. The maximum Gasteiger partial charge on any atom is 0.103 e. The Kier molecular flexibility index (Phi) is 3.95. The molecule has 0 spiro atoms. The summed E-state index contributed by atoms with van der Waals surface area (Å²) in [6.07, 6.45) is 3.80. The lowest BCUT2D eigenvalue weighted by Gasteiger charge is -2.34. The molecule has 1 atom stereocenters. The minimum Gasteiger partial charge on any atom is -0.370 e. The quantitative estimate of drug-likeness (QED) is 0.838. The summed E-state index contributed by atoms with van der Waals surface area (Å²) in [6.45, 7) is 2.15. The first-order valence-corrected chi connectivity index (χ1v) is 7.51. The molecule has 0 bridgehead atoms. The van der Waals surface area contributed by atoms with Gasteiger partial charge >= 0.3 is 0 Å². The van der Waals surface area contributed by atoms with E-state index >= 15 is 0 Å². The van der Waals surface area contributed by atoms with E-state index in [-0.39, 0.29) is 6.10 Å². The molecule has 1 unspecified atom stereocenters. The third-order valence-electron chi connectivity index (χ3n) is 3.58. The molecule has 1 aliphatic rings. The molecule has 5 nitrogen and oxygen atoms in total. The summed E-state index contributed by atoms with van der Waals surface area (Å²) in [6, 6.07) is 8.06. The number of rotatable bonds is 2. The summed E-state index contributed by atoms with van der Waals surface area (Å²) in [5.41, 5.74) is 2.70. The van der Waals surface area contributed by atoms with E-state index in [1.54, 1.807) is 4.68 Å². The van der Waals surface area contributed by atoms with Crippen molar-refractivity contribution in [3.05, 3.63) is 46.2 Å². The molecule has 6 heteroatoms. The highest BCUT2D eigenvalue weighted by molar-refractivity contribution is 9.10. The van der Waals surface area contributed by atoms with Crippen molar-refractivity contribution in [1.82, 2.24) is 9.78 Å². The van der Waals surface area contributed by atoms with E-state index in [4.69, 9.17) is 4.74 Å². The molecule has 2 aromatic rings. The predicted molar refractivity (Wildman–Crippen MR) is 83.0 cm³/mol. The normalized spacial score (nSPS) is 18.5. The molecule has 2 heterocycles. The number of aromatic nitrogens is 2. The van der Waals surface area contributed by atoms with Crippen LogP contribution >= 0.6 is 15.9 Å². The van der Waals surface area contributed by atoms with E-state index in [2.05, 4.69) is 32.0 Å². The molecular weight excluding hydrogens is 332 g/mol. The van der Waals surface area contributed by atoms with Crippen LogP contribution in [0.1, 0.15) is 17.2 Å². The van der Waals surface area contributed by atoms with Gasteiger partial charge in [-0.2, -0.15) is 10.4 Å². The van der Waals surface area contributed by atoms with Crippen LogP contribution in [0.25, 0.3) is 0 Å². The summed E-state index contributed by atoms with van der Waals surface area (Å²) in [5, 5.41) is 13.5. The molecule has 108 valence electrons. The standard InChI is InChI=1S/C15H15BrN4O/c1-19-9-12(8-18-19)15-10-20(4-5-21-15)14-3-2-13(16)6-11(14)7-17/h2-3,6,8-9,15H,4-5,10H2,1H3. The van der Waals surface area contributed by atoms with Gasteiger partial charge in [0.15, 0.2) is 0 Å². The van der Waals surface area contributed by atoms with Crippen LogP contribution in [0.2, 0.25) is 0 Å². The van der Waals surface area contributed by atoms with Crippen LogP contribution in [-0.4, -0.2) is 29.5 Å². The highest BCUT2D eigenvalue weighted by atomic mass is 79.9. The molecule has 1 aliphatic heterocycles. The van der Waals surface area contributed by atoms with Crippen molar-refractivity contribution in [3.8, 4) is 6.07 Å². The Morgan fingerprint density at radius 2 is 2.33 bits per heavy atom. The van der Waals surface area contributed by atoms with Crippen molar-refractivity contribution in [2.75, 3.05) is 24.6 Å². The Bertz CT molecular complexity index is 691. The number of anilines is 1. The molecule has 0 aliphatic carbocycles. The van der Waals surface area contributed by atoms with Crippen molar-refractivity contribution < 1.29 is 4.74 Å². The van der Waals surface area contributed by atoms with Crippen molar-refractivity contribution in [3.63, 3.8) is 0 Å². The SMILES string of the molecule is Cn1cc(C2CN(c3ccc(Br)cc3C#N)CCO2)cn1. The molecule has 3 rings (SSSR count). The van der Waals surface area contributed by atoms with Gasteiger partial charge in [0.2, 0.25) is 0 Å². The number of hydrogen-bond acceptors (Lipinski definition) is 4. The lowest BCUT2D eigenvalue weighted by Crippen LogP contribution is -2.38. The van der Waals surface area contributed by atoms with Gasteiger partial charge in [0.05, 0.1) is 24.1 Å². The Balaban J connectivity index is 1.85. The molecule has 0 N–H and O–H groups in total. The highest BCUT2D eigenvalue weighted by Gasteiger charge is 2.24. The molecule has 21 heavy (non-hydrogen) atoms. The molecule has 1 aromatic carbocycles. The second kappa shape index (κ2) is 5.88. The number of morpholine rings is 1. The van der Waals surface area contributed by atoms with Gasteiger partial charge < -0.3 is 9.64 Å². The number of ether oxygens (including phenoxy) is 1. The van der Waals surface area contributed by atoms with Crippen LogP contribution in [0.15, 0.2) is 35.1 Å². The summed E-state index contributed by atoms with van der Waals surface area (Å²) in [7, 11) is 1.90. The van der Waals surface area contributed by atoms with E-state index in [0.29, 0.717) is 12.2 Å². The maximum absolute atomic E-state index is 9.32. The second-order valence-corrected chi connectivity index (χ2v) is 5.94. The van der Waals surface area contributed by atoms with Gasteiger partial charge in [-0.1, -0.05) is 15.9 Å². The van der Waals surface area contributed by atoms with E-state index in [0.717, 1.165) is 28.8 Å². The highest BCUT2D eigenvalue weighted by Crippen LogP contribution is 2.29. The average Bonchev–Trinajstić information content (AvgIpc) is 2.94. The molecule has 1 aromatic heterocycles. The van der Waals surface area contributed by atoms with E-state index in [1.165, 1.54) is 0 Å². The third kappa shape index (κ3) is 2.94. The van der Waals surface area contributed by atoms with E-state index < -0.39 is 0 Å². The van der Waals surface area contributed by atoms with Gasteiger partial charge in [-0.25, -0.2) is 0 Å². The molecule has 0 amide bonds. The zero-order valence-corrected chi connectivity index (χ0v) is 13.2. The van der Waals surface area contributed by atoms with Gasteiger partial charge in [0, 0.05) is 36.4 Å². The van der Waals surface area contributed by atoms with Crippen molar-refractivity contribution in [2.45, 2.75) is 6.10 Å². The number of nitrogens with zero attached hydrogens (tertiary/aromatic N) is 4. The summed E-state index contributed by atoms with van der Waals surface area (Å²) in [5.74, 6) is 0. The van der Waals surface area contributed by atoms with Crippen LogP contribution in [-0.2, 0) is 11.8 Å². The topological polar surface area (TPSA) is 54.1 Å². The summed E-state index contributed by atoms with van der Waals surface area (Å²) >= 11 is 3.41. The number of benzene rings is 1. The number of nitriles is 1. The predicted octanol–water partition coefficient (Wildman–Crippen LogP) is 2.63. The van der Waals surface area contributed by atoms with Crippen LogP contribution in [0.5, 0.6) is 0 Å². The lowest BCUT2D eigenvalue weighted by molar-refractivity contribution is 0.0397. The van der Waals surface area contributed by atoms with Crippen LogP contribution in [0.4, 0.5) is 5.69 Å². The summed E-state index contributed by atoms with van der Waals surface area (Å²) in [4.78, 5) is 2.20. The van der Waals surface area contributed by atoms with Crippen LogP contribution in [0, 0.1) is 11.3 Å². The first kappa shape index (κ1) is 14.1. The molecule has 0 saturated carbocycles. The van der Waals surface area contributed by atoms with Crippen molar-refractivity contribution >= 4 is 21.6 Å². The fourth-order valence-corrected chi connectivity index (χ4v) is 2.91. The van der Waals surface area contributed by atoms with Gasteiger partial charge in [-0.15, -0.1) is 0 Å². The van der Waals surface area contributed by atoms with Gasteiger partial charge in [-0.05, 0) is 18.2 Å². The molecule has 1 fully saturated rings. The lowest BCUT2D eigenvalue weighted by atomic mass is 10.1. The number of aryl methyl sites for hydroxylation is 1. The third-order valence-corrected chi connectivity index (χ3v) is 4.08. The minimum atomic E-state index is -0.0114. The number of hydrogen-bond donors (Lipinski definition) is 0. The van der Waals surface area contributed by atoms with Crippen molar-refractivity contribution in [1.29, 1.82) is 5.26 Å². The Morgan fingerprint density at radius 1 is 1.48 bits per heavy atom. The molecular formula is C15H15BrN4O. The van der Waals surface area contributed by atoms with Crippen LogP contribution in [0.3, 0.4) is 0 Å². The second-order valence-electron chi connectivity index (χ2n) is 5.03. The maximum atomic E-state index is 9.32. The Labute approximate surface area is 131 Å². The monoisotopic (exact) mass is 346 g/mol. The van der Waals surface area contributed by atoms with Gasteiger partial charge in [0.1, 0.15) is 12.2 Å². The van der Waals surface area contributed by atoms with Gasteiger partial charge in [-0.3, -0.25) is 4.68 Å². The Morgan fingerprint density at radius 3 is 3.05 bits per heavy atom. The average molecular weight is 347 g/mol. The summed E-state index contributed by atoms with van der Waals surface area (Å²) < 4.78 is 8.53. The first-order valence-electron chi connectivity index (χ1n) is 6.72. The van der Waals surface area contributed by atoms with E-state index in [1.807, 2.05) is 37.6 Å². The fourth-order valence-electron chi connectivity index (χ4n) is 2.55. The van der Waals surface area contributed by atoms with Crippen molar-refractivity contribution in [2.24, 2.45) is 7.05 Å². The number of halogens is 1. The Hall–Kier alpha value is -1.84. The minimum absolute atomic E-state index is 0.0114. The zero-order chi connectivity index (χ0) is 14.8. The largest absolute Gasteiger partial charge is 0.370 e. The first-order chi connectivity index (χ1) is 10.2. The molecule has 1 saturated heterocycles.